The van der Waals surface area contributed by atoms with Crippen LogP contribution in [0.4, 0.5) is 0 Å². The smallest absolute Gasteiger partial charge is 0.341 e. The van der Waals surface area contributed by atoms with Crippen LogP contribution in [0.25, 0.3) is 0 Å². The molecular formula is C11H14O4S. The van der Waals surface area contributed by atoms with E-state index in [9.17, 15) is 9.00 Å². The number of esters is 1. The Morgan fingerprint density at radius 2 is 2.06 bits per heavy atom. The van der Waals surface area contributed by atoms with Crippen LogP contribution in [-0.2, 0) is 21.3 Å². The second-order valence-electron chi connectivity index (χ2n) is 3.24. The molecule has 1 atom stereocenters. The minimum Gasteiger partial charge on any atom is -0.496 e. The van der Waals surface area contributed by atoms with Crippen LogP contribution >= 0.6 is 0 Å². The molecule has 0 bridgehead atoms. The largest absolute Gasteiger partial charge is 0.496 e. The van der Waals surface area contributed by atoms with Gasteiger partial charge < -0.3 is 9.47 Å². The lowest BCUT2D eigenvalue weighted by atomic mass is 10.1. The Kier molecular flexibility index (Phi) is 4.49. The molecule has 4 nitrogen and oxygen atoms in total. The summed E-state index contributed by atoms with van der Waals surface area (Å²) in [6, 6.07) is 5.10. The number of carbonyl (C=O) groups is 1. The molecule has 0 fully saturated rings. The fourth-order valence-corrected chi connectivity index (χ4v) is 2.00. The zero-order chi connectivity index (χ0) is 12.1. The second kappa shape index (κ2) is 5.65. The van der Waals surface area contributed by atoms with Crippen LogP contribution in [0, 0.1) is 0 Å². The van der Waals surface area contributed by atoms with Crippen LogP contribution in [0.2, 0.25) is 0 Å². The Labute approximate surface area is 97.0 Å². The summed E-state index contributed by atoms with van der Waals surface area (Å²) in [5.74, 6) is 0.409. The highest BCUT2D eigenvalue weighted by molar-refractivity contribution is 7.83. The molecule has 0 aromatic heterocycles. The van der Waals surface area contributed by atoms with E-state index in [-0.39, 0.29) is 0 Å². The Hall–Kier alpha value is -1.36. The van der Waals surface area contributed by atoms with E-state index in [1.807, 2.05) is 0 Å². The molecule has 1 aromatic rings. The summed E-state index contributed by atoms with van der Waals surface area (Å²) in [7, 11) is 1.86. The number of carbonyl (C=O) groups excluding carboxylic acids is 1. The van der Waals surface area contributed by atoms with Crippen LogP contribution in [0.5, 0.6) is 5.75 Å². The van der Waals surface area contributed by atoms with Gasteiger partial charge in [0.05, 0.1) is 14.2 Å². The summed E-state index contributed by atoms with van der Waals surface area (Å²) in [6.07, 6.45) is 1.61. The third kappa shape index (κ3) is 3.06. The average molecular weight is 242 g/mol. The number of hydrogen-bond acceptors (Lipinski definition) is 4. The van der Waals surface area contributed by atoms with E-state index in [0.717, 1.165) is 5.56 Å². The van der Waals surface area contributed by atoms with Crippen LogP contribution < -0.4 is 4.74 Å². The van der Waals surface area contributed by atoms with Crippen molar-refractivity contribution in [1.82, 2.24) is 0 Å². The van der Waals surface area contributed by atoms with Gasteiger partial charge in [-0.2, -0.15) is 0 Å². The van der Waals surface area contributed by atoms with E-state index >= 15 is 0 Å². The van der Waals surface area contributed by atoms with Gasteiger partial charge in [-0.15, -0.1) is 0 Å². The first-order valence-electron chi connectivity index (χ1n) is 4.63. The van der Waals surface area contributed by atoms with Crippen LogP contribution in [-0.4, -0.2) is 30.7 Å². The van der Waals surface area contributed by atoms with Crippen LogP contribution in [0.3, 0.4) is 0 Å². The molecule has 1 unspecified atom stereocenters. The average Bonchev–Trinajstić information content (AvgIpc) is 2.27. The standard InChI is InChI=1S/C11H14O4S/c1-14-10-5-4-8(7-16(3)13)6-9(10)11(12)15-2/h4-6H,7H2,1-3H3. The predicted octanol–water partition coefficient (Wildman–Crippen LogP) is 1.36. The Morgan fingerprint density at radius 1 is 1.38 bits per heavy atom. The molecule has 5 heteroatoms. The van der Waals surface area contributed by atoms with Crippen molar-refractivity contribution in [3.8, 4) is 5.75 Å². The number of hydrogen-bond donors (Lipinski definition) is 0. The first-order chi connectivity index (χ1) is 7.58. The summed E-state index contributed by atoms with van der Waals surface area (Å²) in [5, 5.41) is 0. The number of ether oxygens (including phenoxy) is 2. The molecular weight excluding hydrogens is 228 g/mol. The van der Waals surface area contributed by atoms with Crippen molar-refractivity contribution in [3.63, 3.8) is 0 Å². The zero-order valence-electron chi connectivity index (χ0n) is 9.48. The molecule has 0 saturated heterocycles. The summed E-state index contributed by atoms with van der Waals surface area (Å²) in [6.45, 7) is 0. The summed E-state index contributed by atoms with van der Waals surface area (Å²) in [5.41, 5.74) is 1.18. The minimum atomic E-state index is -0.941. The Bertz CT molecular complexity index is 414. The SMILES string of the molecule is COC(=O)c1cc(CS(C)=O)ccc1OC. The number of benzene rings is 1. The van der Waals surface area contributed by atoms with Gasteiger partial charge in [0.25, 0.3) is 0 Å². The maximum atomic E-state index is 11.5. The molecule has 0 aliphatic heterocycles. The third-order valence-corrected chi connectivity index (χ3v) is 2.78. The van der Waals surface area contributed by atoms with E-state index in [4.69, 9.17) is 4.74 Å². The third-order valence-electron chi connectivity index (χ3n) is 2.04. The second-order valence-corrected chi connectivity index (χ2v) is 4.68. The molecule has 1 rings (SSSR count). The molecule has 0 saturated carbocycles. The van der Waals surface area contributed by atoms with Crippen molar-refractivity contribution in [1.29, 1.82) is 0 Å². The van der Waals surface area contributed by atoms with Gasteiger partial charge in [-0.1, -0.05) is 6.07 Å². The molecule has 0 spiro atoms. The molecule has 1 aromatic carbocycles. The van der Waals surface area contributed by atoms with Crippen molar-refractivity contribution in [2.24, 2.45) is 0 Å². The van der Waals surface area contributed by atoms with Gasteiger partial charge in [0.2, 0.25) is 0 Å². The molecule has 16 heavy (non-hydrogen) atoms. The normalized spacial score (nSPS) is 11.9. The molecule has 0 aliphatic carbocycles. The zero-order valence-corrected chi connectivity index (χ0v) is 10.3. The van der Waals surface area contributed by atoms with Gasteiger partial charge in [0.1, 0.15) is 11.3 Å². The van der Waals surface area contributed by atoms with E-state index in [1.54, 1.807) is 24.5 Å². The topological polar surface area (TPSA) is 52.6 Å². The first kappa shape index (κ1) is 12.7. The molecule has 88 valence electrons. The quantitative estimate of drug-likeness (QED) is 0.748. The van der Waals surface area contributed by atoms with Gasteiger partial charge >= 0.3 is 5.97 Å². The van der Waals surface area contributed by atoms with E-state index in [0.29, 0.717) is 17.1 Å². The van der Waals surface area contributed by atoms with Crippen molar-refractivity contribution in [2.45, 2.75) is 5.75 Å². The van der Waals surface area contributed by atoms with Crippen molar-refractivity contribution in [2.75, 3.05) is 20.5 Å². The number of methoxy groups -OCH3 is 2. The first-order valence-corrected chi connectivity index (χ1v) is 6.36. The lowest BCUT2D eigenvalue weighted by Gasteiger charge is -2.08. The molecule has 0 radical (unpaired) electrons. The highest BCUT2D eigenvalue weighted by Gasteiger charge is 2.13. The summed E-state index contributed by atoms with van der Waals surface area (Å²) < 4.78 is 20.8. The maximum Gasteiger partial charge on any atom is 0.341 e. The van der Waals surface area contributed by atoms with Crippen molar-refractivity contribution < 1.29 is 18.5 Å². The van der Waals surface area contributed by atoms with Gasteiger partial charge in [0, 0.05) is 22.8 Å². The Balaban J connectivity index is 3.10. The fraction of sp³-hybridized carbons (Fsp3) is 0.364. The van der Waals surface area contributed by atoms with E-state index in [1.165, 1.54) is 14.2 Å². The Morgan fingerprint density at radius 3 is 2.56 bits per heavy atom. The van der Waals surface area contributed by atoms with Crippen molar-refractivity contribution in [3.05, 3.63) is 29.3 Å². The van der Waals surface area contributed by atoms with Crippen LogP contribution in [0.15, 0.2) is 18.2 Å². The fourth-order valence-electron chi connectivity index (χ4n) is 1.35. The van der Waals surface area contributed by atoms with Crippen LogP contribution in [0.1, 0.15) is 15.9 Å². The van der Waals surface area contributed by atoms with E-state index in [2.05, 4.69) is 4.74 Å². The van der Waals surface area contributed by atoms with E-state index < -0.39 is 16.8 Å². The predicted molar refractivity (Wildman–Crippen MR) is 62.1 cm³/mol. The molecule has 0 N–H and O–H groups in total. The number of rotatable bonds is 4. The highest BCUT2D eigenvalue weighted by Crippen LogP contribution is 2.21. The summed E-state index contributed by atoms with van der Waals surface area (Å²) in [4.78, 5) is 11.5. The lowest BCUT2D eigenvalue weighted by molar-refractivity contribution is 0.0597. The van der Waals surface area contributed by atoms with Gasteiger partial charge in [-0.05, 0) is 17.7 Å². The van der Waals surface area contributed by atoms with Gasteiger partial charge in [-0.25, -0.2) is 4.79 Å². The highest BCUT2D eigenvalue weighted by atomic mass is 32.2. The molecule has 0 aliphatic rings. The minimum absolute atomic E-state index is 0.355. The monoisotopic (exact) mass is 242 g/mol. The summed E-state index contributed by atoms with van der Waals surface area (Å²) >= 11 is 0. The van der Waals surface area contributed by atoms with Gasteiger partial charge in [-0.3, -0.25) is 4.21 Å². The molecule has 0 amide bonds. The van der Waals surface area contributed by atoms with Gasteiger partial charge in [0.15, 0.2) is 0 Å². The maximum absolute atomic E-state index is 11.5. The van der Waals surface area contributed by atoms with Crippen molar-refractivity contribution >= 4 is 16.8 Å². The molecule has 0 heterocycles. The lowest BCUT2D eigenvalue weighted by Crippen LogP contribution is -2.05.